The SMILES string of the molecule is CCCCCC(O)c1ccc(Br)cc1F. The third-order valence-corrected chi connectivity index (χ3v) is 2.90. The molecule has 0 spiro atoms. The molecule has 1 rings (SSSR count). The summed E-state index contributed by atoms with van der Waals surface area (Å²) in [6.45, 7) is 2.10. The van der Waals surface area contributed by atoms with Crippen molar-refractivity contribution in [1.82, 2.24) is 0 Å². The summed E-state index contributed by atoms with van der Waals surface area (Å²) in [7, 11) is 0. The van der Waals surface area contributed by atoms with Crippen molar-refractivity contribution in [1.29, 1.82) is 0 Å². The van der Waals surface area contributed by atoms with Gasteiger partial charge in [-0.25, -0.2) is 4.39 Å². The molecule has 1 aromatic rings. The van der Waals surface area contributed by atoms with E-state index in [1.54, 1.807) is 12.1 Å². The van der Waals surface area contributed by atoms with Gasteiger partial charge in [0.05, 0.1) is 6.10 Å². The second-order valence-electron chi connectivity index (χ2n) is 3.68. The van der Waals surface area contributed by atoms with Crippen LogP contribution in [0, 0.1) is 5.82 Å². The zero-order valence-electron chi connectivity index (χ0n) is 8.84. The molecule has 0 heterocycles. The van der Waals surface area contributed by atoms with Crippen LogP contribution in [0.3, 0.4) is 0 Å². The Morgan fingerprint density at radius 2 is 2.13 bits per heavy atom. The number of unbranched alkanes of at least 4 members (excludes halogenated alkanes) is 2. The molecule has 1 N–H and O–H groups in total. The van der Waals surface area contributed by atoms with Crippen LogP contribution in [-0.2, 0) is 0 Å². The van der Waals surface area contributed by atoms with Gasteiger partial charge in [0.1, 0.15) is 5.82 Å². The summed E-state index contributed by atoms with van der Waals surface area (Å²) in [4.78, 5) is 0. The van der Waals surface area contributed by atoms with Crippen molar-refractivity contribution >= 4 is 15.9 Å². The molecule has 0 fully saturated rings. The van der Waals surface area contributed by atoms with Crippen molar-refractivity contribution in [3.05, 3.63) is 34.1 Å². The standard InChI is InChI=1S/C12H16BrFO/c1-2-3-4-5-12(15)10-7-6-9(13)8-11(10)14/h6-8,12,15H,2-5H2,1H3. The Labute approximate surface area is 98.4 Å². The maximum atomic E-state index is 13.4. The molecule has 3 heteroatoms. The lowest BCUT2D eigenvalue weighted by Gasteiger charge is -2.11. The first-order chi connectivity index (χ1) is 7.15. The topological polar surface area (TPSA) is 20.2 Å². The van der Waals surface area contributed by atoms with Crippen LogP contribution in [0.1, 0.15) is 44.3 Å². The van der Waals surface area contributed by atoms with Crippen molar-refractivity contribution < 1.29 is 9.50 Å². The van der Waals surface area contributed by atoms with Crippen LogP contribution in [0.15, 0.2) is 22.7 Å². The fourth-order valence-corrected chi connectivity index (χ4v) is 1.85. The molecular formula is C12H16BrFO. The van der Waals surface area contributed by atoms with Gasteiger partial charge in [0, 0.05) is 10.0 Å². The monoisotopic (exact) mass is 274 g/mol. The van der Waals surface area contributed by atoms with Gasteiger partial charge < -0.3 is 5.11 Å². The van der Waals surface area contributed by atoms with Gasteiger partial charge in [-0.2, -0.15) is 0 Å². The molecule has 1 atom stereocenters. The minimum atomic E-state index is -0.676. The van der Waals surface area contributed by atoms with E-state index in [2.05, 4.69) is 22.9 Å². The fraction of sp³-hybridized carbons (Fsp3) is 0.500. The van der Waals surface area contributed by atoms with Crippen LogP contribution in [-0.4, -0.2) is 5.11 Å². The smallest absolute Gasteiger partial charge is 0.130 e. The van der Waals surface area contributed by atoms with Crippen molar-refractivity contribution in [2.75, 3.05) is 0 Å². The number of aliphatic hydroxyl groups is 1. The van der Waals surface area contributed by atoms with Crippen LogP contribution in [0.2, 0.25) is 0 Å². The summed E-state index contributed by atoms with van der Waals surface area (Å²) in [6, 6.07) is 4.77. The molecule has 15 heavy (non-hydrogen) atoms. The minimum Gasteiger partial charge on any atom is -0.388 e. The van der Waals surface area contributed by atoms with Gasteiger partial charge in [-0.15, -0.1) is 0 Å². The Morgan fingerprint density at radius 1 is 1.40 bits per heavy atom. The van der Waals surface area contributed by atoms with Gasteiger partial charge in [0.15, 0.2) is 0 Å². The molecule has 0 aliphatic rings. The zero-order chi connectivity index (χ0) is 11.3. The average Bonchev–Trinajstić information content (AvgIpc) is 2.17. The van der Waals surface area contributed by atoms with E-state index in [1.165, 1.54) is 6.07 Å². The summed E-state index contributed by atoms with van der Waals surface area (Å²) < 4.78 is 14.1. The van der Waals surface area contributed by atoms with E-state index in [1.807, 2.05) is 0 Å². The van der Waals surface area contributed by atoms with Crippen LogP contribution in [0.5, 0.6) is 0 Å². The molecule has 0 amide bonds. The van der Waals surface area contributed by atoms with E-state index in [0.29, 0.717) is 16.5 Å². The number of hydrogen-bond donors (Lipinski definition) is 1. The molecule has 1 aromatic carbocycles. The Morgan fingerprint density at radius 3 is 2.73 bits per heavy atom. The quantitative estimate of drug-likeness (QED) is 0.798. The van der Waals surface area contributed by atoms with Gasteiger partial charge in [-0.3, -0.25) is 0 Å². The van der Waals surface area contributed by atoms with Gasteiger partial charge in [-0.1, -0.05) is 48.2 Å². The van der Waals surface area contributed by atoms with E-state index in [-0.39, 0.29) is 5.82 Å². The molecule has 0 aliphatic heterocycles. The summed E-state index contributed by atoms with van der Waals surface area (Å²) in [5.74, 6) is -0.339. The van der Waals surface area contributed by atoms with E-state index in [0.717, 1.165) is 19.3 Å². The van der Waals surface area contributed by atoms with Gasteiger partial charge in [0.2, 0.25) is 0 Å². The average molecular weight is 275 g/mol. The lowest BCUT2D eigenvalue weighted by Crippen LogP contribution is -2.00. The summed E-state index contributed by atoms with van der Waals surface area (Å²) in [5.41, 5.74) is 0.398. The van der Waals surface area contributed by atoms with E-state index in [4.69, 9.17) is 0 Å². The predicted octanol–water partition coefficient (Wildman–Crippen LogP) is 4.20. The Hall–Kier alpha value is -0.410. The number of aliphatic hydroxyl groups excluding tert-OH is 1. The molecule has 84 valence electrons. The molecule has 0 aromatic heterocycles. The second kappa shape index (κ2) is 6.23. The zero-order valence-corrected chi connectivity index (χ0v) is 10.4. The van der Waals surface area contributed by atoms with Crippen LogP contribution in [0.4, 0.5) is 4.39 Å². The molecule has 0 aliphatic carbocycles. The maximum Gasteiger partial charge on any atom is 0.130 e. The van der Waals surface area contributed by atoms with Crippen molar-refractivity contribution in [2.24, 2.45) is 0 Å². The van der Waals surface area contributed by atoms with Gasteiger partial charge in [0.25, 0.3) is 0 Å². The molecular weight excluding hydrogens is 259 g/mol. The molecule has 0 saturated carbocycles. The summed E-state index contributed by atoms with van der Waals surface area (Å²) in [5, 5.41) is 9.76. The third-order valence-electron chi connectivity index (χ3n) is 2.40. The first-order valence-corrected chi connectivity index (χ1v) is 6.07. The summed E-state index contributed by atoms with van der Waals surface area (Å²) >= 11 is 3.19. The second-order valence-corrected chi connectivity index (χ2v) is 4.59. The fourth-order valence-electron chi connectivity index (χ4n) is 1.51. The van der Waals surface area contributed by atoms with Crippen LogP contribution in [0.25, 0.3) is 0 Å². The van der Waals surface area contributed by atoms with Gasteiger partial charge >= 0.3 is 0 Å². The lowest BCUT2D eigenvalue weighted by molar-refractivity contribution is 0.159. The lowest BCUT2D eigenvalue weighted by atomic mass is 10.0. The Kier molecular flexibility index (Phi) is 5.26. The predicted molar refractivity (Wildman–Crippen MR) is 63.2 cm³/mol. The third kappa shape index (κ3) is 3.92. The minimum absolute atomic E-state index is 0.339. The van der Waals surface area contributed by atoms with E-state index in [9.17, 15) is 9.50 Å². The largest absolute Gasteiger partial charge is 0.388 e. The number of benzene rings is 1. The number of rotatable bonds is 5. The van der Waals surface area contributed by atoms with E-state index >= 15 is 0 Å². The molecule has 0 bridgehead atoms. The maximum absolute atomic E-state index is 13.4. The highest BCUT2D eigenvalue weighted by Gasteiger charge is 2.12. The molecule has 1 nitrogen and oxygen atoms in total. The van der Waals surface area contributed by atoms with Crippen molar-refractivity contribution in [2.45, 2.75) is 38.7 Å². The van der Waals surface area contributed by atoms with Crippen LogP contribution < -0.4 is 0 Å². The first kappa shape index (κ1) is 12.7. The highest BCUT2D eigenvalue weighted by Crippen LogP contribution is 2.24. The normalized spacial score (nSPS) is 12.8. The highest BCUT2D eigenvalue weighted by molar-refractivity contribution is 9.10. The van der Waals surface area contributed by atoms with Crippen molar-refractivity contribution in [3.8, 4) is 0 Å². The van der Waals surface area contributed by atoms with Gasteiger partial charge in [-0.05, 0) is 18.6 Å². The van der Waals surface area contributed by atoms with Crippen molar-refractivity contribution in [3.63, 3.8) is 0 Å². The molecule has 0 saturated heterocycles. The Balaban J connectivity index is 2.61. The van der Waals surface area contributed by atoms with E-state index < -0.39 is 6.10 Å². The number of halogens is 2. The molecule has 1 unspecified atom stereocenters. The highest BCUT2D eigenvalue weighted by atomic mass is 79.9. The summed E-state index contributed by atoms with van der Waals surface area (Å²) in [6.07, 6.45) is 3.08. The number of hydrogen-bond acceptors (Lipinski definition) is 1. The molecule has 0 radical (unpaired) electrons. The Bertz CT molecular complexity index is 314. The first-order valence-electron chi connectivity index (χ1n) is 5.28. The van der Waals surface area contributed by atoms with Crippen LogP contribution >= 0.6 is 15.9 Å².